The predicted octanol–water partition coefficient (Wildman–Crippen LogP) is 3.84. The molecule has 0 fully saturated rings. The number of methoxy groups -OCH3 is 1. The lowest BCUT2D eigenvalue weighted by Gasteiger charge is -2.13. The van der Waals surface area contributed by atoms with Crippen molar-refractivity contribution in [1.29, 1.82) is 0 Å². The summed E-state index contributed by atoms with van der Waals surface area (Å²) in [6, 6.07) is 3.41. The van der Waals surface area contributed by atoms with Crippen molar-refractivity contribution in [3.8, 4) is 11.5 Å². The van der Waals surface area contributed by atoms with E-state index in [-0.39, 0.29) is 17.5 Å². The molecule has 0 aromatic heterocycles. The molecule has 1 rings (SSSR count). The van der Waals surface area contributed by atoms with Gasteiger partial charge in [-0.2, -0.15) is 0 Å². The zero-order chi connectivity index (χ0) is 17.2. The van der Waals surface area contributed by atoms with Gasteiger partial charge in [-0.25, -0.2) is 0 Å². The molecule has 0 spiro atoms. The van der Waals surface area contributed by atoms with Crippen LogP contribution < -0.4 is 15.2 Å². The lowest BCUT2D eigenvalue weighted by atomic mass is 10.0. The zero-order valence-corrected chi connectivity index (χ0v) is 14.3. The molecule has 1 atom stereocenters. The summed E-state index contributed by atoms with van der Waals surface area (Å²) in [5.41, 5.74) is 6.55. The molecule has 0 saturated heterocycles. The van der Waals surface area contributed by atoms with Crippen molar-refractivity contribution in [3.63, 3.8) is 0 Å². The number of nitro groups is 1. The molecule has 130 valence electrons. The van der Waals surface area contributed by atoms with Crippen LogP contribution in [0.1, 0.15) is 51.5 Å². The average molecular weight is 324 g/mol. The van der Waals surface area contributed by atoms with E-state index in [1.165, 1.54) is 7.11 Å². The van der Waals surface area contributed by atoms with Crippen molar-refractivity contribution in [2.24, 2.45) is 5.73 Å². The van der Waals surface area contributed by atoms with E-state index in [1.54, 1.807) is 12.1 Å². The Kier molecular flexibility index (Phi) is 8.40. The Bertz CT molecular complexity index is 504. The molecular formula is C17H28N2O4. The minimum absolute atomic E-state index is 0.0421. The van der Waals surface area contributed by atoms with Crippen LogP contribution in [0.5, 0.6) is 11.5 Å². The molecule has 0 amide bonds. The Morgan fingerprint density at radius 2 is 2.04 bits per heavy atom. The zero-order valence-electron chi connectivity index (χ0n) is 14.3. The van der Waals surface area contributed by atoms with Gasteiger partial charge in [-0.3, -0.25) is 10.1 Å². The third-order valence-electron chi connectivity index (χ3n) is 3.64. The predicted molar refractivity (Wildman–Crippen MR) is 91.3 cm³/mol. The monoisotopic (exact) mass is 324 g/mol. The second-order valence-electron chi connectivity index (χ2n) is 5.83. The van der Waals surface area contributed by atoms with Gasteiger partial charge in [-0.15, -0.1) is 0 Å². The standard InChI is InChI=1S/C17H28N2O4/c1-4-5-6-7-10-23-17-15(19(20)21)11-14(9-8-13(2)18)12-16(17)22-3/h11-13H,4-10,18H2,1-3H3. The molecule has 23 heavy (non-hydrogen) atoms. The van der Waals surface area contributed by atoms with Crippen molar-refractivity contribution in [2.45, 2.75) is 58.4 Å². The second-order valence-corrected chi connectivity index (χ2v) is 5.83. The molecule has 0 radical (unpaired) electrons. The molecule has 2 N–H and O–H groups in total. The number of hydrogen-bond donors (Lipinski definition) is 1. The number of ether oxygens (including phenoxy) is 2. The summed E-state index contributed by atoms with van der Waals surface area (Å²) in [5.74, 6) is 0.632. The Balaban J connectivity index is 2.91. The quantitative estimate of drug-likeness (QED) is 0.379. The van der Waals surface area contributed by atoms with Crippen molar-refractivity contribution in [3.05, 3.63) is 27.8 Å². The van der Waals surface area contributed by atoms with Crippen LogP contribution in [0.15, 0.2) is 12.1 Å². The number of benzene rings is 1. The lowest BCUT2D eigenvalue weighted by Crippen LogP contribution is -2.15. The maximum absolute atomic E-state index is 11.4. The smallest absolute Gasteiger partial charge is 0.315 e. The molecule has 0 saturated carbocycles. The highest BCUT2D eigenvalue weighted by molar-refractivity contribution is 5.58. The molecule has 1 aromatic rings. The van der Waals surface area contributed by atoms with Gasteiger partial charge in [0.2, 0.25) is 5.75 Å². The largest absolute Gasteiger partial charge is 0.493 e. The number of nitrogens with two attached hydrogens (primary N) is 1. The number of nitrogens with zero attached hydrogens (tertiary/aromatic N) is 1. The maximum Gasteiger partial charge on any atom is 0.315 e. The minimum atomic E-state index is -0.417. The molecule has 0 aliphatic carbocycles. The van der Waals surface area contributed by atoms with Crippen LogP contribution in [0.3, 0.4) is 0 Å². The van der Waals surface area contributed by atoms with Crippen LogP contribution in [-0.2, 0) is 6.42 Å². The van der Waals surface area contributed by atoms with E-state index in [4.69, 9.17) is 15.2 Å². The molecule has 6 heteroatoms. The average Bonchev–Trinajstić information content (AvgIpc) is 2.52. The summed E-state index contributed by atoms with van der Waals surface area (Å²) >= 11 is 0. The van der Waals surface area contributed by atoms with Crippen LogP contribution in [0.25, 0.3) is 0 Å². The summed E-state index contributed by atoms with van der Waals surface area (Å²) in [7, 11) is 1.50. The summed E-state index contributed by atoms with van der Waals surface area (Å²) in [6.07, 6.45) is 5.64. The molecule has 0 aliphatic rings. The van der Waals surface area contributed by atoms with Crippen LogP contribution in [-0.4, -0.2) is 24.7 Å². The van der Waals surface area contributed by atoms with Gasteiger partial charge >= 0.3 is 5.69 Å². The first kappa shape index (κ1) is 19.2. The first-order chi connectivity index (χ1) is 11.0. The van der Waals surface area contributed by atoms with Crippen molar-refractivity contribution < 1.29 is 14.4 Å². The van der Waals surface area contributed by atoms with Gasteiger partial charge in [0.15, 0.2) is 5.75 Å². The van der Waals surface area contributed by atoms with Gasteiger partial charge in [0.05, 0.1) is 18.6 Å². The van der Waals surface area contributed by atoms with Crippen molar-refractivity contribution in [2.75, 3.05) is 13.7 Å². The van der Waals surface area contributed by atoms with E-state index in [9.17, 15) is 10.1 Å². The number of unbranched alkanes of at least 4 members (excludes halogenated alkanes) is 3. The van der Waals surface area contributed by atoms with Gasteiger partial charge in [0.1, 0.15) is 0 Å². The highest BCUT2D eigenvalue weighted by Crippen LogP contribution is 2.38. The number of aryl methyl sites for hydroxylation is 1. The van der Waals surface area contributed by atoms with E-state index < -0.39 is 4.92 Å². The van der Waals surface area contributed by atoms with Crippen molar-refractivity contribution in [1.82, 2.24) is 0 Å². The number of hydrogen-bond acceptors (Lipinski definition) is 5. The summed E-state index contributed by atoms with van der Waals surface area (Å²) < 4.78 is 11.0. The molecule has 6 nitrogen and oxygen atoms in total. The van der Waals surface area contributed by atoms with Crippen LogP contribution in [0.2, 0.25) is 0 Å². The molecule has 0 heterocycles. The molecule has 1 unspecified atom stereocenters. The van der Waals surface area contributed by atoms with E-state index >= 15 is 0 Å². The minimum Gasteiger partial charge on any atom is -0.493 e. The van der Waals surface area contributed by atoms with Gasteiger partial charge in [0.25, 0.3) is 0 Å². The first-order valence-corrected chi connectivity index (χ1v) is 8.23. The fourth-order valence-corrected chi connectivity index (χ4v) is 2.32. The highest BCUT2D eigenvalue weighted by atomic mass is 16.6. The Labute approximate surface area is 138 Å². The summed E-state index contributed by atoms with van der Waals surface area (Å²) in [5, 5.41) is 11.4. The van der Waals surface area contributed by atoms with E-state index in [2.05, 4.69) is 6.92 Å². The van der Waals surface area contributed by atoms with Crippen LogP contribution in [0, 0.1) is 10.1 Å². The summed E-state index contributed by atoms with van der Waals surface area (Å²) in [6.45, 7) is 4.51. The Morgan fingerprint density at radius 3 is 2.61 bits per heavy atom. The topological polar surface area (TPSA) is 87.6 Å². The third kappa shape index (κ3) is 6.44. The fourth-order valence-electron chi connectivity index (χ4n) is 2.32. The molecule has 0 aliphatic heterocycles. The number of nitro benzene ring substituents is 1. The van der Waals surface area contributed by atoms with E-state index in [0.717, 1.165) is 37.7 Å². The fraction of sp³-hybridized carbons (Fsp3) is 0.647. The van der Waals surface area contributed by atoms with Gasteiger partial charge < -0.3 is 15.2 Å². The van der Waals surface area contributed by atoms with E-state index in [1.807, 2.05) is 6.92 Å². The van der Waals surface area contributed by atoms with Gasteiger partial charge in [0, 0.05) is 12.1 Å². The highest BCUT2D eigenvalue weighted by Gasteiger charge is 2.22. The normalized spacial score (nSPS) is 12.0. The Morgan fingerprint density at radius 1 is 1.30 bits per heavy atom. The third-order valence-corrected chi connectivity index (χ3v) is 3.64. The van der Waals surface area contributed by atoms with Gasteiger partial charge in [-0.05, 0) is 37.8 Å². The lowest BCUT2D eigenvalue weighted by molar-refractivity contribution is -0.386. The Hall–Kier alpha value is -1.82. The number of rotatable bonds is 11. The molecular weight excluding hydrogens is 296 g/mol. The molecule has 0 bridgehead atoms. The second kappa shape index (κ2) is 10.0. The SMILES string of the molecule is CCCCCCOc1c(OC)cc(CCC(C)N)cc1[N+](=O)[O-]. The first-order valence-electron chi connectivity index (χ1n) is 8.23. The van der Waals surface area contributed by atoms with Crippen molar-refractivity contribution >= 4 is 5.69 Å². The summed E-state index contributed by atoms with van der Waals surface area (Å²) in [4.78, 5) is 10.9. The van der Waals surface area contributed by atoms with Gasteiger partial charge in [-0.1, -0.05) is 26.2 Å². The van der Waals surface area contributed by atoms with Crippen LogP contribution >= 0.6 is 0 Å². The molecule has 1 aromatic carbocycles. The van der Waals surface area contributed by atoms with Crippen LogP contribution in [0.4, 0.5) is 5.69 Å². The maximum atomic E-state index is 11.4. The van der Waals surface area contributed by atoms with E-state index in [0.29, 0.717) is 18.8 Å².